The Hall–Kier alpha value is -2.42. The standard InChI is InChI=1S/C18H16O3/c1-11(2)10-21-18(20)15-9-5-8-14-16(15)12-6-3-4-7-13(12)17(14)19/h3-9,11H,10H2,1-2H3. The third-order valence-corrected chi connectivity index (χ3v) is 3.52. The van der Waals surface area contributed by atoms with Crippen LogP contribution in [0.2, 0.25) is 0 Å². The molecule has 0 atom stereocenters. The Kier molecular flexibility index (Phi) is 3.34. The van der Waals surface area contributed by atoms with E-state index < -0.39 is 0 Å². The summed E-state index contributed by atoms with van der Waals surface area (Å²) < 4.78 is 5.31. The van der Waals surface area contributed by atoms with E-state index in [1.165, 1.54) is 0 Å². The molecule has 0 fully saturated rings. The van der Waals surface area contributed by atoms with E-state index in [2.05, 4.69) is 0 Å². The Bertz CT molecular complexity index is 729. The van der Waals surface area contributed by atoms with Crippen molar-refractivity contribution >= 4 is 11.8 Å². The van der Waals surface area contributed by atoms with Gasteiger partial charge in [0.15, 0.2) is 5.78 Å². The molecule has 106 valence electrons. The molecule has 0 heterocycles. The first kappa shape index (κ1) is 13.6. The predicted molar refractivity (Wildman–Crippen MR) is 80.4 cm³/mol. The van der Waals surface area contributed by atoms with Crippen molar-refractivity contribution in [2.24, 2.45) is 5.92 Å². The van der Waals surface area contributed by atoms with Gasteiger partial charge in [-0.05, 0) is 17.5 Å². The van der Waals surface area contributed by atoms with E-state index in [1.807, 2.05) is 32.0 Å². The third kappa shape index (κ3) is 2.25. The zero-order valence-electron chi connectivity index (χ0n) is 12.1. The van der Waals surface area contributed by atoms with Crippen LogP contribution >= 0.6 is 0 Å². The smallest absolute Gasteiger partial charge is 0.338 e. The number of fused-ring (bicyclic) bond motifs is 3. The minimum absolute atomic E-state index is 0.0286. The quantitative estimate of drug-likeness (QED) is 0.687. The normalized spacial score (nSPS) is 12.2. The number of ether oxygens (including phenoxy) is 1. The number of carbonyl (C=O) groups is 2. The van der Waals surface area contributed by atoms with E-state index in [0.29, 0.717) is 28.9 Å². The van der Waals surface area contributed by atoms with Gasteiger partial charge >= 0.3 is 5.97 Å². The van der Waals surface area contributed by atoms with Gasteiger partial charge in [-0.3, -0.25) is 4.79 Å². The van der Waals surface area contributed by atoms with Gasteiger partial charge < -0.3 is 4.74 Å². The van der Waals surface area contributed by atoms with Crippen LogP contribution in [0, 0.1) is 5.92 Å². The molecule has 3 heteroatoms. The highest BCUT2D eigenvalue weighted by Crippen LogP contribution is 2.38. The molecule has 0 radical (unpaired) electrons. The van der Waals surface area contributed by atoms with Crippen molar-refractivity contribution in [2.45, 2.75) is 13.8 Å². The number of hydrogen-bond acceptors (Lipinski definition) is 3. The van der Waals surface area contributed by atoms with E-state index in [-0.39, 0.29) is 17.7 Å². The molecule has 2 aromatic rings. The Morgan fingerprint density at radius 2 is 1.67 bits per heavy atom. The predicted octanol–water partition coefficient (Wildman–Crippen LogP) is 3.71. The van der Waals surface area contributed by atoms with Crippen LogP contribution in [0.1, 0.15) is 40.1 Å². The first-order valence-electron chi connectivity index (χ1n) is 7.04. The van der Waals surface area contributed by atoms with Gasteiger partial charge in [0.25, 0.3) is 0 Å². The van der Waals surface area contributed by atoms with Gasteiger partial charge in [0.1, 0.15) is 0 Å². The second-order valence-electron chi connectivity index (χ2n) is 5.60. The van der Waals surface area contributed by atoms with Gasteiger partial charge in [0, 0.05) is 16.7 Å². The third-order valence-electron chi connectivity index (χ3n) is 3.52. The average Bonchev–Trinajstić information content (AvgIpc) is 2.79. The molecular formula is C18H16O3. The lowest BCUT2D eigenvalue weighted by atomic mass is 9.99. The first-order chi connectivity index (χ1) is 10.1. The largest absolute Gasteiger partial charge is 0.462 e. The van der Waals surface area contributed by atoms with E-state index in [4.69, 9.17) is 4.74 Å². The van der Waals surface area contributed by atoms with Gasteiger partial charge in [-0.1, -0.05) is 50.2 Å². The van der Waals surface area contributed by atoms with Crippen LogP contribution in [0.5, 0.6) is 0 Å². The highest BCUT2D eigenvalue weighted by atomic mass is 16.5. The summed E-state index contributed by atoms with van der Waals surface area (Å²) in [5, 5.41) is 0. The van der Waals surface area contributed by atoms with E-state index in [1.54, 1.807) is 24.3 Å². The molecule has 0 saturated heterocycles. The second-order valence-corrected chi connectivity index (χ2v) is 5.60. The minimum Gasteiger partial charge on any atom is -0.462 e. The molecule has 2 aromatic carbocycles. The molecule has 0 spiro atoms. The fourth-order valence-corrected chi connectivity index (χ4v) is 2.57. The number of esters is 1. The molecule has 1 aliphatic rings. The molecule has 0 saturated carbocycles. The van der Waals surface area contributed by atoms with Crippen molar-refractivity contribution in [3.63, 3.8) is 0 Å². The number of ketones is 1. The summed E-state index contributed by atoms with van der Waals surface area (Å²) in [5.74, 6) is -0.121. The zero-order valence-corrected chi connectivity index (χ0v) is 12.1. The lowest BCUT2D eigenvalue weighted by Gasteiger charge is -2.10. The van der Waals surface area contributed by atoms with Crippen LogP contribution in [0.3, 0.4) is 0 Å². The Morgan fingerprint density at radius 1 is 1.00 bits per heavy atom. The second kappa shape index (κ2) is 5.17. The fourth-order valence-electron chi connectivity index (χ4n) is 2.57. The molecule has 1 aliphatic carbocycles. The van der Waals surface area contributed by atoms with Crippen molar-refractivity contribution < 1.29 is 14.3 Å². The fraction of sp³-hybridized carbons (Fsp3) is 0.222. The Labute approximate surface area is 123 Å². The van der Waals surface area contributed by atoms with Crippen LogP contribution in [0.15, 0.2) is 42.5 Å². The molecule has 0 N–H and O–H groups in total. The van der Waals surface area contributed by atoms with E-state index in [9.17, 15) is 9.59 Å². The minimum atomic E-state index is -0.370. The van der Waals surface area contributed by atoms with E-state index >= 15 is 0 Å². The van der Waals surface area contributed by atoms with Gasteiger partial charge in [-0.25, -0.2) is 4.79 Å². The van der Waals surface area contributed by atoms with Crippen LogP contribution in [-0.2, 0) is 4.74 Å². The van der Waals surface area contributed by atoms with Crippen molar-refractivity contribution in [3.05, 3.63) is 59.2 Å². The maximum absolute atomic E-state index is 12.4. The van der Waals surface area contributed by atoms with Crippen molar-refractivity contribution in [1.29, 1.82) is 0 Å². The lowest BCUT2D eigenvalue weighted by Crippen LogP contribution is -2.11. The zero-order chi connectivity index (χ0) is 15.0. The monoisotopic (exact) mass is 280 g/mol. The Balaban J connectivity index is 2.08. The summed E-state index contributed by atoms with van der Waals surface area (Å²) in [5.41, 5.74) is 3.21. The lowest BCUT2D eigenvalue weighted by molar-refractivity contribution is 0.0460. The van der Waals surface area contributed by atoms with Crippen LogP contribution in [0.4, 0.5) is 0 Å². The summed E-state index contributed by atoms with van der Waals surface area (Å²) >= 11 is 0. The van der Waals surface area contributed by atoms with Crippen molar-refractivity contribution in [3.8, 4) is 11.1 Å². The summed E-state index contributed by atoms with van der Waals surface area (Å²) in [6, 6.07) is 12.6. The summed E-state index contributed by atoms with van der Waals surface area (Å²) in [4.78, 5) is 24.7. The maximum atomic E-state index is 12.4. The van der Waals surface area contributed by atoms with Gasteiger partial charge in [-0.2, -0.15) is 0 Å². The maximum Gasteiger partial charge on any atom is 0.338 e. The molecule has 0 aromatic heterocycles. The molecule has 0 amide bonds. The van der Waals surface area contributed by atoms with Crippen LogP contribution in [0.25, 0.3) is 11.1 Å². The van der Waals surface area contributed by atoms with Crippen LogP contribution in [-0.4, -0.2) is 18.4 Å². The number of rotatable bonds is 3. The molecule has 0 aliphatic heterocycles. The number of carbonyl (C=O) groups excluding carboxylic acids is 2. The average molecular weight is 280 g/mol. The van der Waals surface area contributed by atoms with Crippen molar-refractivity contribution in [2.75, 3.05) is 6.61 Å². The summed E-state index contributed by atoms with van der Waals surface area (Å²) in [6.45, 7) is 4.35. The van der Waals surface area contributed by atoms with Gasteiger partial charge in [0.2, 0.25) is 0 Å². The van der Waals surface area contributed by atoms with Gasteiger partial charge in [-0.15, -0.1) is 0 Å². The molecule has 3 nitrogen and oxygen atoms in total. The topological polar surface area (TPSA) is 43.4 Å². The summed E-state index contributed by atoms with van der Waals surface area (Å²) in [7, 11) is 0. The SMILES string of the molecule is CC(C)COC(=O)c1cccc2c1-c1ccccc1C2=O. The number of benzene rings is 2. The molecule has 21 heavy (non-hydrogen) atoms. The molecule has 3 rings (SSSR count). The first-order valence-corrected chi connectivity index (χ1v) is 7.04. The molecule has 0 bridgehead atoms. The summed E-state index contributed by atoms with van der Waals surface area (Å²) in [6.07, 6.45) is 0. The highest BCUT2D eigenvalue weighted by molar-refractivity contribution is 6.24. The van der Waals surface area contributed by atoms with E-state index in [0.717, 1.165) is 5.56 Å². The molecule has 0 unspecified atom stereocenters. The number of hydrogen-bond donors (Lipinski definition) is 0. The molecular weight excluding hydrogens is 264 g/mol. The van der Waals surface area contributed by atoms with Crippen LogP contribution < -0.4 is 0 Å². The van der Waals surface area contributed by atoms with Crippen molar-refractivity contribution in [1.82, 2.24) is 0 Å². The highest BCUT2D eigenvalue weighted by Gasteiger charge is 2.30. The van der Waals surface area contributed by atoms with Gasteiger partial charge in [0.05, 0.1) is 12.2 Å². The Morgan fingerprint density at radius 3 is 2.38 bits per heavy atom.